The Balaban J connectivity index is 0.000000532. The number of carbonyl (C=O) groups is 2. The highest BCUT2D eigenvalue weighted by molar-refractivity contribution is 5.98. The molecule has 39 heavy (non-hydrogen) atoms. The Kier molecular flexibility index (Phi) is 8.49. The van der Waals surface area contributed by atoms with Crippen molar-refractivity contribution in [2.24, 2.45) is 11.7 Å². The lowest BCUT2D eigenvalue weighted by Crippen LogP contribution is -2.62. The first-order chi connectivity index (χ1) is 18.0. The zero-order valence-corrected chi connectivity index (χ0v) is 20.7. The van der Waals surface area contributed by atoms with Gasteiger partial charge in [0.15, 0.2) is 5.82 Å². The summed E-state index contributed by atoms with van der Waals surface area (Å²) < 4.78 is 72.6. The van der Waals surface area contributed by atoms with Crippen molar-refractivity contribution in [3.05, 3.63) is 41.6 Å². The molecular formula is C24H26F6N6O3. The Labute approximate surface area is 219 Å². The molecule has 15 heteroatoms. The van der Waals surface area contributed by atoms with Gasteiger partial charge in [-0.3, -0.25) is 9.48 Å². The normalized spacial score (nSPS) is 22.5. The van der Waals surface area contributed by atoms with Crippen molar-refractivity contribution in [1.29, 1.82) is 5.26 Å². The maximum atomic E-state index is 12.8. The second kappa shape index (κ2) is 11.1. The average Bonchev–Trinajstić information content (AvgIpc) is 3.25. The van der Waals surface area contributed by atoms with Crippen LogP contribution in [-0.4, -0.2) is 58.5 Å². The van der Waals surface area contributed by atoms with E-state index in [9.17, 15) is 36.4 Å². The van der Waals surface area contributed by atoms with E-state index in [2.05, 4.69) is 23.5 Å². The molecule has 3 unspecified atom stereocenters. The van der Waals surface area contributed by atoms with Crippen LogP contribution in [0.1, 0.15) is 47.6 Å². The van der Waals surface area contributed by atoms with Crippen LogP contribution in [0.2, 0.25) is 0 Å². The number of nitrogens with two attached hydrogens (primary N) is 1. The van der Waals surface area contributed by atoms with E-state index in [1.807, 2.05) is 0 Å². The number of carboxylic acids is 1. The molecule has 2 fully saturated rings. The van der Waals surface area contributed by atoms with Gasteiger partial charge in [0.25, 0.3) is 5.91 Å². The number of hydrogen-bond donors (Lipinski definition) is 2. The number of anilines is 2. The van der Waals surface area contributed by atoms with Crippen LogP contribution in [0.3, 0.4) is 0 Å². The van der Waals surface area contributed by atoms with Crippen molar-refractivity contribution in [3.8, 4) is 6.07 Å². The number of halogens is 6. The minimum Gasteiger partial charge on any atom is -0.542 e. The number of aliphatic carboxylic acids is 1. The van der Waals surface area contributed by atoms with Crippen molar-refractivity contribution in [3.63, 3.8) is 0 Å². The Hall–Kier alpha value is -3.80. The van der Waals surface area contributed by atoms with Crippen LogP contribution in [-0.2, 0) is 11.0 Å². The molecule has 212 valence electrons. The summed E-state index contributed by atoms with van der Waals surface area (Å²) in [4.78, 5) is 20.8. The van der Waals surface area contributed by atoms with Crippen molar-refractivity contribution < 1.29 is 45.5 Å². The molecule has 4 rings (SSSR count). The number of primary amides is 1. The second-order valence-corrected chi connectivity index (χ2v) is 9.77. The number of nitrogens with zero attached hydrogens (tertiary/aromatic N) is 4. The quantitative estimate of drug-likeness (QED) is 0.426. The third kappa shape index (κ3) is 6.99. The van der Waals surface area contributed by atoms with E-state index in [0.29, 0.717) is 11.7 Å². The van der Waals surface area contributed by atoms with Gasteiger partial charge in [0.05, 0.1) is 49.8 Å². The number of amides is 1. The highest BCUT2D eigenvalue weighted by Gasteiger charge is 2.45. The van der Waals surface area contributed by atoms with E-state index in [1.54, 1.807) is 4.68 Å². The summed E-state index contributed by atoms with van der Waals surface area (Å²) in [6, 6.07) is 7.12. The largest absolute Gasteiger partial charge is 0.542 e. The summed E-state index contributed by atoms with van der Waals surface area (Å²) in [6.07, 6.45) is -4.38. The minimum absolute atomic E-state index is 0.130. The summed E-state index contributed by atoms with van der Waals surface area (Å²) in [7, 11) is 2.24. The lowest BCUT2D eigenvalue weighted by Gasteiger charge is -2.51. The van der Waals surface area contributed by atoms with Gasteiger partial charge in [-0.05, 0) is 30.7 Å². The predicted molar refractivity (Wildman–Crippen MR) is 123 cm³/mol. The van der Waals surface area contributed by atoms with E-state index < -0.39 is 29.8 Å². The number of benzene rings is 1. The molecule has 1 aromatic heterocycles. The van der Waals surface area contributed by atoms with Crippen molar-refractivity contribution in [1.82, 2.24) is 9.78 Å². The van der Waals surface area contributed by atoms with Gasteiger partial charge in [-0.2, -0.15) is 36.7 Å². The number of quaternary nitrogens is 1. The molecule has 1 saturated carbocycles. The summed E-state index contributed by atoms with van der Waals surface area (Å²) in [5.74, 6) is -3.79. The third-order valence-corrected chi connectivity index (χ3v) is 7.21. The molecule has 1 aliphatic carbocycles. The van der Waals surface area contributed by atoms with Crippen molar-refractivity contribution in [2.45, 2.75) is 50.1 Å². The number of nitriles is 1. The molecule has 2 heterocycles. The van der Waals surface area contributed by atoms with Gasteiger partial charge in [0, 0.05) is 31.1 Å². The fraction of sp³-hybridized carbons (Fsp3) is 0.500. The topological polar surface area (TPSA) is 137 Å². The third-order valence-electron chi connectivity index (χ3n) is 7.21. The molecule has 1 amide bonds. The molecule has 0 bridgehead atoms. The molecule has 2 aromatic rings. The Morgan fingerprint density at radius 2 is 1.74 bits per heavy atom. The number of nitrogens with one attached hydrogen (secondary N) is 1. The lowest BCUT2D eigenvalue weighted by atomic mass is 9.80. The first kappa shape index (κ1) is 29.8. The number of carbonyl (C=O) groups excluding carboxylic acids is 2. The minimum atomic E-state index is -5.19. The molecule has 2 aliphatic rings. The summed E-state index contributed by atoms with van der Waals surface area (Å²) >= 11 is 0. The zero-order chi connectivity index (χ0) is 29.2. The van der Waals surface area contributed by atoms with E-state index in [0.717, 1.165) is 49.0 Å². The van der Waals surface area contributed by atoms with Crippen LogP contribution in [0.25, 0.3) is 0 Å². The number of aromatic nitrogens is 2. The Morgan fingerprint density at radius 1 is 1.15 bits per heavy atom. The molecule has 1 saturated heterocycles. The van der Waals surface area contributed by atoms with Gasteiger partial charge in [-0.25, -0.2) is 0 Å². The van der Waals surface area contributed by atoms with Gasteiger partial charge in [-0.15, -0.1) is 0 Å². The van der Waals surface area contributed by atoms with Crippen LogP contribution in [0.4, 0.5) is 37.8 Å². The number of rotatable bonds is 5. The van der Waals surface area contributed by atoms with Gasteiger partial charge in [0.1, 0.15) is 11.5 Å². The second-order valence-electron chi connectivity index (χ2n) is 9.77. The fourth-order valence-electron chi connectivity index (χ4n) is 4.89. The fourth-order valence-corrected chi connectivity index (χ4v) is 4.89. The standard InChI is InChI=1S/C22H25F3N6O.C2HF3O2/c1-31(9-2-10-31)17-7-8-19(14(11-17)12-26)30-13-18(20(27)32)21(29-30)28-16-5-3-15(4-6-16)22(23,24)25;3-2(4,5)1(6)7/h3-6,13-14,17,19H,2,7-11H2,1H3,(H2-,27,28,29,32);(H,6,7). The summed E-state index contributed by atoms with van der Waals surface area (Å²) in [5, 5.41) is 26.0. The maximum Gasteiger partial charge on any atom is 0.430 e. The maximum absolute atomic E-state index is 12.8. The van der Waals surface area contributed by atoms with Crippen molar-refractivity contribution in [2.75, 3.05) is 25.5 Å². The molecule has 9 nitrogen and oxygen atoms in total. The highest BCUT2D eigenvalue weighted by atomic mass is 19.4. The van der Waals surface area contributed by atoms with Gasteiger partial charge < -0.3 is 25.4 Å². The van der Waals surface area contributed by atoms with Gasteiger partial charge in [-0.1, -0.05) is 0 Å². The SMILES string of the molecule is C[N+]1(C2CCC(n3cc(C(N)=O)c(Nc4ccc(C(F)(F)F)cc4)n3)C(C#N)C2)CCC1.O=C([O-])C(F)(F)F. The molecule has 0 spiro atoms. The monoisotopic (exact) mass is 560 g/mol. The van der Waals surface area contributed by atoms with E-state index in [-0.39, 0.29) is 23.3 Å². The summed E-state index contributed by atoms with van der Waals surface area (Å²) in [5.41, 5.74) is 5.23. The van der Waals surface area contributed by atoms with Crippen molar-refractivity contribution >= 4 is 23.4 Å². The number of carboxylic acid groups (broad SMARTS) is 1. The van der Waals surface area contributed by atoms with Crippen LogP contribution in [0.15, 0.2) is 30.5 Å². The number of hydrogen-bond acceptors (Lipinski definition) is 6. The molecular weight excluding hydrogens is 534 g/mol. The molecule has 1 aliphatic heterocycles. The van der Waals surface area contributed by atoms with Gasteiger partial charge in [0.2, 0.25) is 0 Å². The molecule has 0 radical (unpaired) electrons. The number of likely N-dealkylation sites (tertiary alicyclic amines) is 1. The van der Waals surface area contributed by atoms with Crippen LogP contribution < -0.4 is 16.2 Å². The summed E-state index contributed by atoms with van der Waals surface area (Å²) in [6.45, 7) is 2.28. The predicted octanol–water partition coefficient (Wildman–Crippen LogP) is 3.13. The Bertz CT molecular complexity index is 1230. The first-order valence-corrected chi connectivity index (χ1v) is 11.9. The van der Waals surface area contributed by atoms with E-state index >= 15 is 0 Å². The lowest BCUT2D eigenvalue weighted by molar-refractivity contribution is -0.970. The van der Waals surface area contributed by atoms with Crippen LogP contribution in [0, 0.1) is 17.2 Å². The molecule has 1 aromatic carbocycles. The smallest absolute Gasteiger partial charge is 0.430 e. The van der Waals surface area contributed by atoms with E-state index in [1.165, 1.54) is 24.8 Å². The van der Waals surface area contributed by atoms with E-state index in [4.69, 9.17) is 15.6 Å². The van der Waals surface area contributed by atoms with Crippen LogP contribution >= 0.6 is 0 Å². The van der Waals surface area contributed by atoms with Gasteiger partial charge >= 0.3 is 12.4 Å². The number of alkyl halides is 6. The molecule has 3 atom stereocenters. The zero-order valence-electron chi connectivity index (χ0n) is 20.7. The van der Waals surface area contributed by atoms with Crippen LogP contribution in [0.5, 0.6) is 0 Å². The first-order valence-electron chi connectivity index (χ1n) is 11.9. The Morgan fingerprint density at radius 3 is 2.18 bits per heavy atom. The average molecular weight is 560 g/mol. The molecule has 3 N–H and O–H groups in total. The highest BCUT2D eigenvalue weighted by Crippen LogP contribution is 2.40.